The average molecular weight is 387 g/mol. The van der Waals surface area contributed by atoms with E-state index in [1.54, 1.807) is 45.0 Å². The Labute approximate surface area is 156 Å². The molecule has 1 rings (SSSR count). The monoisotopic (exact) mass is 387 g/mol. The molecule has 27 heavy (non-hydrogen) atoms. The first kappa shape index (κ1) is 22.5. The van der Waals surface area contributed by atoms with Gasteiger partial charge < -0.3 is 14.4 Å². The predicted octanol–water partition coefficient (Wildman–Crippen LogP) is 3.87. The number of benzene rings is 1. The van der Waals surface area contributed by atoms with Crippen molar-refractivity contribution < 1.29 is 32.2 Å². The number of halogens is 3. The van der Waals surface area contributed by atoms with Gasteiger partial charge in [-0.25, -0.2) is 4.79 Å². The van der Waals surface area contributed by atoms with Crippen LogP contribution in [0.25, 0.3) is 0 Å². The molecule has 8 heteroatoms. The maximum absolute atomic E-state index is 12.8. The van der Waals surface area contributed by atoms with E-state index >= 15 is 0 Å². The third kappa shape index (κ3) is 8.61. The third-order valence-corrected chi connectivity index (χ3v) is 3.29. The van der Waals surface area contributed by atoms with Crippen molar-refractivity contribution in [3.05, 3.63) is 42.0 Å². The summed E-state index contributed by atoms with van der Waals surface area (Å²) in [6.07, 6.45) is -2.35. The lowest BCUT2D eigenvalue weighted by atomic mass is 10.2. The van der Waals surface area contributed by atoms with Gasteiger partial charge in [0, 0.05) is 19.2 Å². The first-order valence-corrected chi connectivity index (χ1v) is 8.31. The molecule has 1 amide bonds. The first-order chi connectivity index (χ1) is 12.4. The van der Waals surface area contributed by atoms with E-state index in [4.69, 9.17) is 9.47 Å². The van der Waals surface area contributed by atoms with E-state index in [1.807, 2.05) is 0 Å². The van der Waals surface area contributed by atoms with E-state index in [-0.39, 0.29) is 19.5 Å². The van der Waals surface area contributed by atoms with Crippen LogP contribution in [0.4, 0.5) is 13.2 Å². The van der Waals surface area contributed by atoms with Crippen molar-refractivity contribution >= 4 is 11.9 Å². The Morgan fingerprint density at radius 3 is 2.19 bits per heavy atom. The summed E-state index contributed by atoms with van der Waals surface area (Å²) in [5.74, 6) is -1.96. The van der Waals surface area contributed by atoms with Gasteiger partial charge in [0.15, 0.2) is 0 Å². The smallest absolute Gasteiger partial charge is 0.471 e. The van der Waals surface area contributed by atoms with Crippen LogP contribution < -0.4 is 4.74 Å². The molecule has 0 aliphatic rings. The summed E-state index contributed by atoms with van der Waals surface area (Å²) >= 11 is 0. The van der Waals surface area contributed by atoms with Crippen LogP contribution in [0.1, 0.15) is 32.8 Å². The molecule has 0 unspecified atom stereocenters. The van der Waals surface area contributed by atoms with Crippen LogP contribution in [0.2, 0.25) is 0 Å². The zero-order valence-electron chi connectivity index (χ0n) is 15.8. The Balaban J connectivity index is 2.75. The molecule has 0 bridgehead atoms. The quantitative estimate of drug-likeness (QED) is 0.526. The van der Waals surface area contributed by atoms with Crippen molar-refractivity contribution in [2.24, 2.45) is 0 Å². The van der Waals surface area contributed by atoms with Gasteiger partial charge in [-0.3, -0.25) is 4.79 Å². The molecule has 0 fully saturated rings. The number of nitrogens with zero attached hydrogens (tertiary/aromatic N) is 1. The Bertz CT molecular complexity index is 661. The molecule has 5 nitrogen and oxygen atoms in total. The standard InChI is InChI=1S/C19H24F3NO4/c1-18(2,3)27-16(24)7-5-6-12-23(17(25)19(20,21)22)13-14-8-10-15(26-4)11-9-14/h5,7-11H,6,12-13H2,1-4H3/b7-5+. The van der Waals surface area contributed by atoms with Crippen LogP contribution in [-0.4, -0.2) is 42.2 Å². The normalized spacial score (nSPS) is 12.1. The van der Waals surface area contributed by atoms with Crippen molar-refractivity contribution in [2.45, 2.75) is 45.5 Å². The Morgan fingerprint density at radius 1 is 1.11 bits per heavy atom. The molecular weight excluding hydrogens is 363 g/mol. The predicted molar refractivity (Wildman–Crippen MR) is 94.1 cm³/mol. The van der Waals surface area contributed by atoms with Gasteiger partial charge in [0.2, 0.25) is 0 Å². The van der Waals surface area contributed by atoms with Crippen LogP contribution in [0.3, 0.4) is 0 Å². The summed E-state index contributed by atoms with van der Waals surface area (Å²) in [4.78, 5) is 23.9. The number of hydrogen-bond donors (Lipinski definition) is 0. The lowest BCUT2D eigenvalue weighted by Crippen LogP contribution is -2.41. The largest absolute Gasteiger partial charge is 0.497 e. The number of esters is 1. The molecule has 0 saturated heterocycles. The van der Waals surface area contributed by atoms with Crippen molar-refractivity contribution in [3.8, 4) is 5.75 Å². The third-order valence-electron chi connectivity index (χ3n) is 3.29. The number of carbonyl (C=O) groups is 2. The highest BCUT2D eigenvalue weighted by Gasteiger charge is 2.42. The lowest BCUT2D eigenvalue weighted by molar-refractivity contribution is -0.186. The van der Waals surface area contributed by atoms with Crippen molar-refractivity contribution in [2.75, 3.05) is 13.7 Å². The lowest BCUT2D eigenvalue weighted by Gasteiger charge is -2.23. The van der Waals surface area contributed by atoms with Gasteiger partial charge in [-0.1, -0.05) is 18.2 Å². The summed E-state index contributed by atoms with van der Waals surface area (Å²) in [5.41, 5.74) is -0.127. The molecule has 0 atom stereocenters. The fraction of sp³-hybridized carbons (Fsp3) is 0.474. The van der Waals surface area contributed by atoms with Crippen LogP contribution in [-0.2, 0) is 20.9 Å². The maximum atomic E-state index is 12.8. The Morgan fingerprint density at radius 2 is 1.70 bits per heavy atom. The van der Waals surface area contributed by atoms with Crippen LogP contribution in [0, 0.1) is 0 Å². The molecule has 0 N–H and O–H groups in total. The van der Waals surface area contributed by atoms with Gasteiger partial charge >= 0.3 is 18.1 Å². The van der Waals surface area contributed by atoms with Gasteiger partial charge in [0.25, 0.3) is 0 Å². The first-order valence-electron chi connectivity index (χ1n) is 8.31. The molecule has 1 aromatic rings. The molecule has 150 valence electrons. The van der Waals surface area contributed by atoms with E-state index in [0.29, 0.717) is 16.2 Å². The Kier molecular flexibility index (Phi) is 7.87. The zero-order valence-corrected chi connectivity index (χ0v) is 15.8. The SMILES string of the molecule is COc1ccc(CN(CC/C=C/C(=O)OC(C)(C)C)C(=O)C(F)(F)F)cc1. The molecule has 0 spiro atoms. The van der Waals surface area contributed by atoms with Crippen LogP contribution >= 0.6 is 0 Å². The molecule has 0 aromatic heterocycles. The number of amides is 1. The van der Waals surface area contributed by atoms with Gasteiger partial charge in [-0.15, -0.1) is 0 Å². The Hall–Kier alpha value is -2.51. The topological polar surface area (TPSA) is 55.8 Å². The minimum atomic E-state index is -4.97. The van der Waals surface area contributed by atoms with Crippen molar-refractivity contribution in [3.63, 3.8) is 0 Å². The number of alkyl halides is 3. The second kappa shape index (κ2) is 9.43. The molecule has 0 aliphatic heterocycles. The zero-order chi connectivity index (χ0) is 20.7. The second-order valence-electron chi connectivity index (χ2n) is 6.80. The molecule has 0 aliphatic carbocycles. The summed E-state index contributed by atoms with van der Waals surface area (Å²) in [6, 6.07) is 6.39. The highest BCUT2D eigenvalue weighted by molar-refractivity contribution is 5.82. The van der Waals surface area contributed by atoms with E-state index in [9.17, 15) is 22.8 Å². The van der Waals surface area contributed by atoms with E-state index in [0.717, 1.165) is 6.08 Å². The van der Waals surface area contributed by atoms with Crippen molar-refractivity contribution in [1.29, 1.82) is 0 Å². The van der Waals surface area contributed by atoms with Gasteiger partial charge in [-0.05, 0) is 44.9 Å². The minimum absolute atomic E-state index is 0.0806. The number of methoxy groups -OCH3 is 1. The summed E-state index contributed by atoms with van der Waals surface area (Å²) in [7, 11) is 1.48. The number of carbonyl (C=O) groups excluding carboxylic acids is 2. The van der Waals surface area contributed by atoms with Gasteiger partial charge in [0.05, 0.1) is 7.11 Å². The molecule has 1 aromatic carbocycles. The number of hydrogen-bond acceptors (Lipinski definition) is 4. The van der Waals surface area contributed by atoms with E-state index < -0.39 is 23.7 Å². The number of rotatable bonds is 7. The van der Waals surface area contributed by atoms with Crippen LogP contribution in [0.5, 0.6) is 5.75 Å². The van der Waals surface area contributed by atoms with Gasteiger partial charge in [-0.2, -0.15) is 13.2 Å². The van der Waals surface area contributed by atoms with Crippen LogP contribution in [0.15, 0.2) is 36.4 Å². The van der Waals surface area contributed by atoms with E-state index in [2.05, 4.69) is 0 Å². The highest BCUT2D eigenvalue weighted by atomic mass is 19.4. The summed E-state index contributed by atoms with van der Waals surface area (Å²) in [5, 5.41) is 0. The summed E-state index contributed by atoms with van der Waals surface area (Å²) in [6.45, 7) is 4.72. The number of ether oxygens (including phenoxy) is 2. The fourth-order valence-corrected chi connectivity index (χ4v) is 2.13. The second-order valence-corrected chi connectivity index (χ2v) is 6.80. The minimum Gasteiger partial charge on any atom is -0.497 e. The van der Waals surface area contributed by atoms with E-state index in [1.165, 1.54) is 13.2 Å². The van der Waals surface area contributed by atoms with Crippen molar-refractivity contribution in [1.82, 2.24) is 4.90 Å². The molecule has 0 heterocycles. The molecule has 0 saturated carbocycles. The fourth-order valence-electron chi connectivity index (χ4n) is 2.13. The average Bonchev–Trinajstić information content (AvgIpc) is 2.55. The molecule has 0 radical (unpaired) electrons. The maximum Gasteiger partial charge on any atom is 0.471 e. The summed E-state index contributed by atoms with van der Waals surface area (Å²) < 4.78 is 48.6. The highest BCUT2D eigenvalue weighted by Crippen LogP contribution is 2.21. The molecular formula is C19H24F3NO4. The van der Waals surface area contributed by atoms with Gasteiger partial charge in [0.1, 0.15) is 11.4 Å².